The Morgan fingerprint density at radius 3 is 2.50 bits per heavy atom. The van der Waals surface area contributed by atoms with Gasteiger partial charge in [-0.1, -0.05) is 13.0 Å². The van der Waals surface area contributed by atoms with Gasteiger partial charge in [0.1, 0.15) is 5.54 Å². The van der Waals surface area contributed by atoms with Crippen LogP contribution in [-0.4, -0.2) is 38.2 Å². The Bertz CT molecular complexity index is 1230. The Morgan fingerprint density at radius 1 is 1.18 bits per heavy atom. The Hall–Kier alpha value is -3.70. The van der Waals surface area contributed by atoms with Gasteiger partial charge in [0, 0.05) is 11.8 Å². The number of carbonyl (C=O) groups is 3. The van der Waals surface area contributed by atoms with Gasteiger partial charge in [0.15, 0.2) is 5.69 Å². The molecule has 4 rings (SSSR count). The first-order chi connectivity index (χ1) is 15.9. The second-order valence-electron chi connectivity index (χ2n) is 8.73. The van der Waals surface area contributed by atoms with E-state index in [1.807, 2.05) is 6.92 Å². The number of alkyl halides is 3. The number of carbonyl (C=O) groups excluding carboxylic acids is 3. The van der Waals surface area contributed by atoms with E-state index in [0.29, 0.717) is 23.8 Å². The fourth-order valence-electron chi connectivity index (χ4n) is 4.25. The molecule has 9 nitrogen and oxygen atoms in total. The number of benzene rings is 1. The zero-order chi connectivity index (χ0) is 24.8. The normalized spacial score (nSPS) is 22.7. The summed E-state index contributed by atoms with van der Waals surface area (Å²) in [5, 5.41) is 7.10. The molecule has 0 atom stereocenters. The molecule has 1 spiro atoms. The van der Waals surface area contributed by atoms with Crippen LogP contribution in [0.1, 0.15) is 54.4 Å². The number of hydrogen-bond acceptors (Lipinski definition) is 5. The van der Waals surface area contributed by atoms with Crippen LogP contribution in [0, 0.1) is 12.8 Å². The standard InChI is InChI=1S/C22H22F3N5O4/c1-12-6-8-21(9-7-12)19(33)30(20(34)26-21)28-18(32)17-16(31)10-13(2)29(27-17)15-5-3-4-14(11-15)22(23,24)25/h3-5,10-12H,6-9H2,1-2H3,(H,26,34)(H,28,32). The van der Waals surface area contributed by atoms with Crippen molar-refractivity contribution in [2.45, 2.75) is 51.2 Å². The summed E-state index contributed by atoms with van der Waals surface area (Å²) in [5.41, 5.74) is -1.23. The molecule has 2 heterocycles. The second kappa shape index (κ2) is 8.26. The molecule has 1 aliphatic carbocycles. The molecule has 34 heavy (non-hydrogen) atoms. The largest absolute Gasteiger partial charge is 0.416 e. The molecule has 2 N–H and O–H groups in total. The van der Waals surface area contributed by atoms with E-state index in [1.54, 1.807) is 0 Å². The molecule has 2 aliphatic rings. The van der Waals surface area contributed by atoms with Crippen LogP contribution in [0.5, 0.6) is 0 Å². The number of aryl methyl sites for hydroxylation is 1. The molecule has 2 aromatic rings. The maximum Gasteiger partial charge on any atom is 0.416 e. The monoisotopic (exact) mass is 477 g/mol. The summed E-state index contributed by atoms with van der Waals surface area (Å²) in [4.78, 5) is 50.6. The Labute approximate surface area is 191 Å². The van der Waals surface area contributed by atoms with Crippen LogP contribution >= 0.6 is 0 Å². The van der Waals surface area contributed by atoms with Crippen LogP contribution in [-0.2, 0) is 11.0 Å². The molecule has 0 bridgehead atoms. The highest BCUT2D eigenvalue weighted by molar-refractivity contribution is 6.09. The zero-order valence-corrected chi connectivity index (χ0v) is 18.4. The molecular formula is C22H22F3N5O4. The molecule has 12 heteroatoms. The molecule has 1 saturated heterocycles. The highest BCUT2D eigenvalue weighted by Gasteiger charge is 2.53. The maximum atomic E-state index is 13.1. The number of nitrogens with zero attached hydrogens (tertiary/aromatic N) is 3. The summed E-state index contributed by atoms with van der Waals surface area (Å²) in [6, 6.07) is 4.45. The van der Waals surface area contributed by atoms with Crippen molar-refractivity contribution >= 4 is 17.8 Å². The fraction of sp³-hybridized carbons (Fsp3) is 0.409. The average molecular weight is 477 g/mol. The topological polar surface area (TPSA) is 113 Å². The molecule has 0 radical (unpaired) electrons. The van der Waals surface area contributed by atoms with Crippen molar-refractivity contribution in [1.29, 1.82) is 0 Å². The predicted molar refractivity (Wildman–Crippen MR) is 113 cm³/mol. The quantitative estimate of drug-likeness (QED) is 0.660. The van der Waals surface area contributed by atoms with Crippen molar-refractivity contribution < 1.29 is 27.6 Å². The minimum Gasteiger partial charge on any atom is -0.322 e. The van der Waals surface area contributed by atoms with Crippen molar-refractivity contribution in [2.75, 3.05) is 0 Å². The van der Waals surface area contributed by atoms with Crippen molar-refractivity contribution in [1.82, 2.24) is 25.5 Å². The zero-order valence-electron chi connectivity index (χ0n) is 18.4. The minimum absolute atomic E-state index is 0.0216. The molecule has 1 aromatic heterocycles. The number of hydrogen-bond donors (Lipinski definition) is 2. The molecule has 0 unspecified atom stereocenters. The second-order valence-corrected chi connectivity index (χ2v) is 8.73. The van der Waals surface area contributed by atoms with Crippen LogP contribution in [0.15, 0.2) is 35.1 Å². The highest BCUT2D eigenvalue weighted by Crippen LogP contribution is 2.36. The van der Waals surface area contributed by atoms with Crippen LogP contribution < -0.4 is 16.2 Å². The summed E-state index contributed by atoms with van der Waals surface area (Å²) in [6.07, 6.45) is -2.28. The first-order valence-corrected chi connectivity index (χ1v) is 10.7. The average Bonchev–Trinajstić information content (AvgIpc) is 2.99. The lowest BCUT2D eigenvalue weighted by molar-refractivity contribution is -0.137. The van der Waals surface area contributed by atoms with Gasteiger partial charge in [0.2, 0.25) is 5.43 Å². The van der Waals surface area contributed by atoms with Crippen LogP contribution in [0.2, 0.25) is 0 Å². The van der Waals surface area contributed by atoms with Gasteiger partial charge < -0.3 is 5.32 Å². The Morgan fingerprint density at radius 2 is 1.85 bits per heavy atom. The maximum absolute atomic E-state index is 13.1. The first-order valence-electron chi connectivity index (χ1n) is 10.7. The van der Waals surface area contributed by atoms with E-state index < -0.39 is 46.2 Å². The third-order valence-electron chi connectivity index (χ3n) is 6.24. The summed E-state index contributed by atoms with van der Waals surface area (Å²) in [7, 11) is 0. The van der Waals surface area contributed by atoms with Crippen molar-refractivity contribution in [3.63, 3.8) is 0 Å². The molecule has 4 amide bonds. The van der Waals surface area contributed by atoms with Crippen LogP contribution in [0.25, 0.3) is 5.69 Å². The lowest BCUT2D eigenvalue weighted by atomic mass is 9.77. The third kappa shape index (κ3) is 4.15. The lowest BCUT2D eigenvalue weighted by Gasteiger charge is -2.33. The fourth-order valence-corrected chi connectivity index (χ4v) is 4.25. The van der Waals surface area contributed by atoms with E-state index >= 15 is 0 Å². The van der Waals surface area contributed by atoms with E-state index in [1.165, 1.54) is 19.1 Å². The first kappa shape index (κ1) is 23.5. The smallest absolute Gasteiger partial charge is 0.322 e. The van der Waals surface area contributed by atoms with E-state index in [4.69, 9.17) is 0 Å². The van der Waals surface area contributed by atoms with Gasteiger partial charge in [0.25, 0.3) is 11.8 Å². The number of rotatable bonds is 3. The van der Waals surface area contributed by atoms with E-state index in [-0.39, 0.29) is 11.4 Å². The molecular weight excluding hydrogens is 455 g/mol. The highest BCUT2D eigenvalue weighted by atomic mass is 19.4. The number of nitrogens with one attached hydrogen (secondary N) is 2. The van der Waals surface area contributed by atoms with Gasteiger partial charge in [-0.3, -0.25) is 19.8 Å². The summed E-state index contributed by atoms with van der Waals surface area (Å²) in [5.74, 6) is -1.34. The molecule has 1 aromatic carbocycles. The van der Waals surface area contributed by atoms with Crippen LogP contribution in [0.3, 0.4) is 0 Å². The van der Waals surface area contributed by atoms with Crippen molar-refractivity contribution in [3.05, 3.63) is 57.5 Å². The summed E-state index contributed by atoms with van der Waals surface area (Å²) < 4.78 is 40.3. The number of aromatic nitrogens is 2. The molecule has 1 aliphatic heterocycles. The number of hydrazine groups is 1. The predicted octanol–water partition coefficient (Wildman–Crippen LogP) is 2.71. The molecule has 1 saturated carbocycles. The lowest BCUT2D eigenvalue weighted by Crippen LogP contribution is -2.52. The molecule has 180 valence electrons. The van der Waals surface area contributed by atoms with Gasteiger partial charge in [0.05, 0.1) is 11.3 Å². The van der Waals surface area contributed by atoms with Gasteiger partial charge in [-0.25, -0.2) is 9.48 Å². The number of urea groups is 1. The third-order valence-corrected chi connectivity index (χ3v) is 6.24. The molecule has 2 fully saturated rings. The number of halogens is 3. The van der Waals surface area contributed by atoms with E-state index in [2.05, 4.69) is 15.8 Å². The van der Waals surface area contributed by atoms with Gasteiger partial charge in [-0.05, 0) is 56.7 Å². The minimum atomic E-state index is -4.60. The van der Waals surface area contributed by atoms with Gasteiger partial charge >= 0.3 is 12.2 Å². The van der Waals surface area contributed by atoms with Crippen molar-refractivity contribution in [2.24, 2.45) is 5.92 Å². The van der Waals surface area contributed by atoms with E-state index in [9.17, 15) is 32.3 Å². The summed E-state index contributed by atoms with van der Waals surface area (Å²) in [6.45, 7) is 3.49. The number of amides is 4. The summed E-state index contributed by atoms with van der Waals surface area (Å²) >= 11 is 0. The van der Waals surface area contributed by atoms with Crippen molar-refractivity contribution in [3.8, 4) is 5.69 Å². The van der Waals surface area contributed by atoms with E-state index in [0.717, 1.165) is 35.7 Å². The number of imide groups is 1. The Kier molecular flexibility index (Phi) is 5.70. The SMILES string of the molecule is Cc1cc(=O)c(C(=O)NN2C(=O)NC3(CCC(C)CC3)C2=O)nn1-c1cccc(C(F)(F)F)c1. The van der Waals surface area contributed by atoms with Crippen LogP contribution in [0.4, 0.5) is 18.0 Å². The van der Waals surface area contributed by atoms with Gasteiger partial charge in [-0.2, -0.15) is 23.3 Å². The Balaban J connectivity index is 1.62. The van der Waals surface area contributed by atoms with Gasteiger partial charge in [-0.15, -0.1) is 0 Å².